The summed E-state index contributed by atoms with van der Waals surface area (Å²) in [4.78, 5) is 0. The maximum atomic E-state index is 2.48. The summed E-state index contributed by atoms with van der Waals surface area (Å²) in [7, 11) is 6.96. The van der Waals surface area contributed by atoms with Crippen LogP contribution in [0.3, 0.4) is 0 Å². The Morgan fingerprint density at radius 1 is 0.277 bits per heavy atom. The molecule has 0 aliphatic heterocycles. The van der Waals surface area contributed by atoms with Gasteiger partial charge in [0, 0.05) is 44.0 Å². The smallest absolute Gasteiger partial charge is 0.141 e. The van der Waals surface area contributed by atoms with Crippen LogP contribution in [0.1, 0.15) is 0 Å². The van der Waals surface area contributed by atoms with Gasteiger partial charge in [0.25, 0.3) is 0 Å². The quantitative estimate of drug-likeness (QED) is 0.142. The molecule has 0 aliphatic carbocycles. The van der Waals surface area contributed by atoms with Gasteiger partial charge in [0.2, 0.25) is 0 Å². The van der Waals surface area contributed by atoms with E-state index in [1.165, 1.54) is 121 Å². The van der Waals surface area contributed by atoms with Crippen LogP contribution in [0, 0.1) is 0 Å². The van der Waals surface area contributed by atoms with Crippen LogP contribution in [0.2, 0.25) is 0 Å². The van der Waals surface area contributed by atoms with Crippen LogP contribution < -0.4 is 16.4 Å². The fourth-order valence-corrected chi connectivity index (χ4v) is 10.5. The van der Waals surface area contributed by atoms with Crippen LogP contribution in [0.5, 0.6) is 0 Å². The van der Waals surface area contributed by atoms with Gasteiger partial charge in [-0.15, -0.1) is 0 Å². The lowest BCUT2D eigenvalue weighted by atomic mass is 9.69. The van der Waals surface area contributed by atoms with Crippen molar-refractivity contribution in [1.29, 1.82) is 0 Å². The maximum absolute atomic E-state index is 2.48. The zero-order chi connectivity index (χ0) is 43.6. The van der Waals surface area contributed by atoms with Crippen molar-refractivity contribution in [2.45, 2.75) is 0 Å². The molecule has 65 heavy (non-hydrogen) atoms. The highest BCUT2D eigenvalue weighted by Gasteiger charge is 2.23. The molecule has 302 valence electrons. The molecule has 2 heterocycles. The van der Waals surface area contributed by atoms with Gasteiger partial charge in [-0.3, -0.25) is 0 Å². The van der Waals surface area contributed by atoms with E-state index in [1.807, 2.05) is 0 Å². The lowest BCUT2D eigenvalue weighted by Gasteiger charge is -2.19. The lowest BCUT2D eigenvalue weighted by molar-refractivity contribution is 1.18. The van der Waals surface area contributed by atoms with E-state index in [1.54, 1.807) is 0 Å². The van der Waals surface area contributed by atoms with E-state index in [0.717, 1.165) is 5.69 Å². The van der Waals surface area contributed by atoms with Crippen LogP contribution in [0.15, 0.2) is 224 Å². The van der Waals surface area contributed by atoms with Gasteiger partial charge in [0.15, 0.2) is 0 Å². The van der Waals surface area contributed by atoms with Gasteiger partial charge in [-0.25, -0.2) is 0 Å². The lowest BCUT2D eigenvalue weighted by Crippen LogP contribution is -2.35. The SMILES string of the molecule is Bc1c(-c2ccc3c(c2)c2cccc(-c4cccc(-c5ccccc5)c4)c2n3-c2ccc(-c3ccccc3)cc2)c(B)c2c3ccccc3n(-c3ccc(-c4ccccc4)cc3)c2c1B. The first-order valence-electron chi connectivity index (χ1n) is 22.6. The Labute approximate surface area is 382 Å². The number of rotatable bonds is 7. The highest BCUT2D eigenvalue weighted by molar-refractivity contribution is 6.60. The molecule has 5 heteroatoms. The van der Waals surface area contributed by atoms with Crippen molar-refractivity contribution >= 4 is 83.5 Å². The molecule has 0 amide bonds. The molecule has 0 N–H and O–H groups in total. The predicted octanol–water partition coefficient (Wildman–Crippen LogP) is 11.0. The second-order valence-electron chi connectivity index (χ2n) is 17.4. The van der Waals surface area contributed by atoms with Crippen molar-refractivity contribution in [2.75, 3.05) is 0 Å². The van der Waals surface area contributed by atoms with Gasteiger partial charge in [-0.05, 0) is 98.6 Å². The molecule has 0 radical (unpaired) electrons. The second kappa shape index (κ2) is 15.7. The number of nitrogens with zero attached hydrogens (tertiary/aromatic N) is 2. The summed E-state index contributed by atoms with van der Waals surface area (Å²) in [6.45, 7) is 0. The van der Waals surface area contributed by atoms with Crippen molar-refractivity contribution in [1.82, 2.24) is 9.13 Å². The van der Waals surface area contributed by atoms with E-state index in [4.69, 9.17) is 0 Å². The number of aromatic nitrogens is 2. The Hall–Kier alpha value is -8.01. The second-order valence-corrected chi connectivity index (χ2v) is 17.4. The predicted molar refractivity (Wildman–Crippen MR) is 287 cm³/mol. The van der Waals surface area contributed by atoms with Crippen molar-refractivity contribution in [3.63, 3.8) is 0 Å². The molecule has 0 spiro atoms. The molecule has 0 saturated carbocycles. The average molecular weight is 824 g/mol. The summed E-state index contributed by atoms with van der Waals surface area (Å²) in [5.41, 5.74) is 23.3. The Morgan fingerprint density at radius 3 is 1.37 bits per heavy atom. The molecule has 10 aromatic carbocycles. The molecule has 0 aliphatic rings. The highest BCUT2D eigenvalue weighted by Crippen LogP contribution is 2.41. The van der Waals surface area contributed by atoms with Gasteiger partial charge in [0.1, 0.15) is 23.5 Å². The molecule has 0 atom stereocenters. The first-order chi connectivity index (χ1) is 32.0. The number of hydrogen-bond acceptors (Lipinski definition) is 0. The molecule has 0 unspecified atom stereocenters. The highest BCUT2D eigenvalue weighted by atomic mass is 15.0. The first-order valence-corrected chi connectivity index (χ1v) is 22.6. The number of fused-ring (bicyclic) bond motifs is 6. The van der Waals surface area contributed by atoms with Gasteiger partial charge < -0.3 is 9.13 Å². The van der Waals surface area contributed by atoms with Crippen molar-refractivity contribution < 1.29 is 0 Å². The van der Waals surface area contributed by atoms with Crippen LogP contribution in [-0.4, -0.2) is 32.7 Å². The van der Waals surface area contributed by atoms with E-state index in [0.29, 0.717) is 0 Å². The largest absolute Gasteiger partial charge is 0.310 e. The number of benzene rings is 10. The topological polar surface area (TPSA) is 9.86 Å². The molecular formula is C60H43B3N2. The third-order valence-corrected chi connectivity index (χ3v) is 13.7. The molecular weight excluding hydrogens is 781 g/mol. The monoisotopic (exact) mass is 824 g/mol. The fraction of sp³-hybridized carbons (Fsp3) is 0. The van der Waals surface area contributed by atoms with Crippen molar-refractivity contribution in [2.24, 2.45) is 0 Å². The normalized spacial score (nSPS) is 11.6. The third-order valence-electron chi connectivity index (χ3n) is 13.7. The van der Waals surface area contributed by atoms with Gasteiger partial charge >= 0.3 is 0 Å². The summed E-state index contributed by atoms with van der Waals surface area (Å²) >= 11 is 0. The standard InChI is InChI=1S/C60H43B3N2/c61-56-54(57(62)58(63)60-55(56)50-22-10-11-25-52(50)65(60)47-33-28-42(29-34-47)39-16-6-2-7-17-39)45-30-35-53-51(37-45)49-24-13-23-48(44-21-12-20-43(36-44)40-18-8-3-9-19-40)59(49)64(53)46-31-26-41(27-32-46)38-14-4-1-5-15-38/h1-37H,61-63H2. The van der Waals surface area contributed by atoms with Gasteiger partial charge in [-0.2, -0.15) is 0 Å². The summed E-state index contributed by atoms with van der Waals surface area (Å²) in [5.74, 6) is 0. The molecule has 2 nitrogen and oxygen atoms in total. The van der Waals surface area contributed by atoms with E-state index in [9.17, 15) is 0 Å². The first kappa shape index (κ1) is 38.7. The van der Waals surface area contributed by atoms with E-state index in [2.05, 4.69) is 257 Å². The molecule has 0 bridgehead atoms. The summed E-state index contributed by atoms with van der Waals surface area (Å²) in [6, 6.07) is 82.0. The van der Waals surface area contributed by atoms with Crippen molar-refractivity contribution in [3.8, 4) is 67.0 Å². The number of hydrogen-bond donors (Lipinski definition) is 0. The van der Waals surface area contributed by atoms with Gasteiger partial charge in [0.05, 0.1) is 16.6 Å². The van der Waals surface area contributed by atoms with Crippen LogP contribution >= 0.6 is 0 Å². The Bertz CT molecular complexity index is 3760. The van der Waals surface area contributed by atoms with Crippen molar-refractivity contribution in [3.05, 3.63) is 224 Å². The number of para-hydroxylation sites is 2. The van der Waals surface area contributed by atoms with Crippen LogP contribution in [0.25, 0.3) is 111 Å². The van der Waals surface area contributed by atoms with E-state index in [-0.39, 0.29) is 0 Å². The molecule has 0 fully saturated rings. The minimum Gasteiger partial charge on any atom is -0.310 e. The summed E-state index contributed by atoms with van der Waals surface area (Å²) in [6.07, 6.45) is 0. The molecule has 12 rings (SSSR count). The summed E-state index contributed by atoms with van der Waals surface area (Å²) in [5, 5.41) is 5.06. The molecule has 12 aromatic rings. The minimum atomic E-state index is 1.14. The Balaban J connectivity index is 1.07. The fourth-order valence-electron chi connectivity index (χ4n) is 10.5. The average Bonchev–Trinajstić information content (AvgIpc) is 3.90. The summed E-state index contributed by atoms with van der Waals surface area (Å²) < 4.78 is 4.96. The van der Waals surface area contributed by atoms with E-state index >= 15 is 0 Å². The zero-order valence-corrected chi connectivity index (χ0v) is 36.8. The Kier molecular flexibility index (Phi) is 9.31. The Morgan fingerprint density at radius 2 is 0.738 bits per heavy atom. The van der Waals surface area contributed by atoms with Gasteiger partial charge in [-0.1, -0.05) is 192 Å². The van der Waals surface area contributed by atoms with Crippen LogP contribution in [0.4, 0.5) is 0 Å². The van der Waals surface area contributed by atoms with E-state index < -0.39 is 0 Å². The maximum Gasteiger partial charge on any atom is 0.141 e. The molecule has 2 aromatic heterocycles. The zero-order valence-electron chi connectivity index (χ0n) is 36.8. The minimum absolute atomic E-state index is 1.14. The molecule has 0 saturated heterocycles. The third kappa shape index (κ3) is 6.38. The van der Waals surface area contributed by atoms with Crippen LogP contribution in [-0.2, 0) is 0 Å².